The third-order valence-corrected chi connectivity index (χ3v) is 4.81. The van der Waals surface area contributed by atoms with Crippen LogP contribution in [0.15, 0.2) is 18.3 Å². The van der Waals surface area contributed by atoms with Gasteiger partial charge in [0.2, 0.25) is 0 Å². The number of nitrogens with one attached hydrogen (secondary N) is 2. The van der Waals surface area contributed by atoms with Crippen LogP contribution in [0.1, 0.15) is 50.5 Å². The minimum atomic E-state index is 0.471. The van der Waals surface area contributed by atoms with E-state index in [1.807, 2.05) is 12.3 Å². The van der Waals surface area contributed by atoms with Gasteiger partial charge in [0.25, 0.3) is 0 Å². The molecule has 1 saturated heterocycles. The molecule has 4 heteroatoms. The van der Waals surface area contributed by atoms with Crippen LogP contribution in [0.25, 0.3) is 0 Å². The molecule has 122 valence electrons. The Kier molecular flexibility index (Phi) is 6.08. The van der Waals surface area contributed by atoms with Gasteiger partial charge >= 0.3 is 0 Å². The Labute approximate surface area is 134 Å². The van der Waals surface area contributed by atoms with Gasteiger partial charge in [-0.1, -0.05) is 25.3 Å². The van der Waals surface area contributed by atoms with Crippen LogP contribution in [-0.4, -0.2) is 36.8 Å². The molecule has 0 aliphatic carbocycles. The van der Waals surface area contributed by atoms with Crippen LogP contribution >= 0.6 is 0 Å². The van der Waals surface area contributed by atoms with E-state index < -0.39 is 0 Å². The summed E-state index contributed by atoms with van der Waals surface area (Å²) in [6.07, 6.45) is 12.4. The summed E-state index contributed by atoms with van der Waals surface area (Å²) in [6.45, 7) is 3.10. The molecule has 0 spiro atoms. The molecule has 0 radical (unpaired) electrons. The van der Waals surface area contributed by atoms with Gasteiger partial charge in [0.1, 0.15) is 5.82 Å². The predicted octanol–water partition coefficient (Wildman–Crippen LogP) is 3.14. The molecule has 2 aliphatic rings. The van der Waals surface area contributed by atoms with Gasteiger partial charge in [0.15, 0.2) is 0 Å². The van der Waals surface area contributed by atoms with Crippen molar-refractivity contribution in [3.8, 4) is 0 Å². The fourth-order valence-corrected chi connectivity index (χ4v) is 3.45. The van der Waals surface area contributed by atoms with Crippen molar-refractivity contribution in [1.82, 2.24) is 10.3 Å². The number of hydrogen-bond acceptors (Lipinski definition) is 4. The van der Waals surface area contributed by atoms with Gasteiger partial charge in [-0.05, 0) is 50.3 Å². The summed E-state index contributed by atoms with van der Waals surface area (Å²) in [4.78, 5) is 4.44. The zero-order valence-corrected chi connectivity index (χ0v) is 13.5. The molecule has 2 atom stereocenters. The zero-order valence-electron chi connectivity index (χ0n) is 13.5. The van der Waals surface area contributed by atoms with Crippen molar-refractivity contribution in [2.75, 3.05) is 25.0 Å². The molecule has 1 fully saturated rings. The van der Waals surface area contributed by atoms with Gasteiger partial charge in [-0.25, -0.2) is 4.98 Å². The third kappa shape index (κ3) is 4.68. The average molecular weight is 303 g/mol. The van der Waals surface area contributed by atoms with Crippen molar-refractivity contribution in [2.24, 2.45) is 0 Å². The highest BCUT2D eigenvalue weighted by Crippen LogP contribution is 2.24. The largest absolute Gasteiger partial charge is 0.377 e. The van der Waals surface area contributed by atoms with Crippen LogP contribution in [0.5, 0.6) is 0 Å². The molecule has 22 heavy (non-hydrogen) atoms. The van der Waals surface area contributed by atoms with Crippen LogP contribution in [-0.2, 0) is 11.2 Å². The zero-order chi connectivity index (χ0) is 15.0. The van der Waals surface area contributed by atoms with Crippen molar-refractivity contribution in [1.29, 1.82) is 0 Å². The van der Waals surface area contributed by atoms with Crippen molar-refractivity contribution >= 4 is 5.82 Å². The van der Waals surface area contributed by atoms with Gasteiger partial charge in [-0.2, -0.15) is 0 Å². The first-order valence-electron chi connectivity index (χ1n) is 8.94. The summed E-state index contributed by atoms with van der Waals surface area (Å²) in [6, 6.07) is 4.83. The van der Waals surface area contributed by atoms with Gasteiger partial charge in [-0.3, -0.25) is 0 Å². The Hall–Kier alpha value is -1.13. The first-order valence-corrected chi connectivity index (χ1v) is 8.94. The van der Waals surface area contributed by atoms with Crippen molar-refractivity contribution in [3.63, 3.8) is 0 Å². The van der Waals surface area contributed by atoms with E-state index in [0.29, 0.717) is 12.1 Å². The Morgan fingerprint density at radius 1 is 1.18 bits per heavy atom. The molecule has 4 nitrogen and oxygen atoms in total. The number of aryl methyl sites for hydroxylation is 1. The highest BCUT2D eigenvalue weighted by molar-refractivity contribution is 5.46. The number of nitrogens with zero attached hydrogens (tertiary/aromatic N) is 1. The lowest BCUT2D eigenvalue weighted by molar-refractivity contribution is 0.0641. The molecule has 2 aliphatic heterocycles. The van der Waals surface area contributed by atoms with E-state index in [0.717, 1.165) is 25.5 Å². The fourth-order valence-electron chi connectivity index (χ4n) is 3.45. The quantitative estimate of drug-likeness (QED) is 0.724. The van der Waals surface area contributed by atoms with E-state index >= 15 is 0 Å². The molecule has 1 aromatic heterocycles. The van der Waals surface area contributed by atoms with Crippen molar-refractivity contribution in [3.05, 3.63) is 23.9 Å². The SMILES string of the molecule is c1cnc2c(c1)CC[C@H](CCCCCCO[C@@H]1CCNC1)N2. The summed E-state index contributed by atoms with van der Waals surface area (Å²) in [5, 5.41) is 6.93. The summed E-state index contributed by atoms with van der Waals surface area (Å²) in [5.41, 5.74) is 1.37. The Morgan fingerprint density at radius 3 is 3.05 bits per heavy atom. The number of fused-ring (bicyclic) bond motifs is 1. The van der Waals surface area contributed by atoms with Crippen LogP contribution in [0.4, 0.5) is 5.82 Å². The van der Waals surface area contributed by atoms with Gasteiger partial charge < -0.3 is 15.4 Å². The number of ether oxygens (including phenoxy) is 1. The maximum atomic E-state index is 5.86. The average Bonchev–Trinajstić information content (AvgIpc) is 3.07. The molecule has 3 rings (SSSR count). The molecule has 3 heterocycles. The molecule has 0 saturated carbocycles. The molecule has 1 aromatic rings. The van der Waals surface area contributed by atoms with Crippen LogP contribution < -0.4 is 10.6 Å². The Morgan fingerprint density at radius 2 is 2.14 bits per heavy atom. The van der Waals surface area contributed by atoms with E-state index in [4.69, 9.17) is 4.74 Å². The fraction of sp³-hybridized carbons (Fsp3) is 0.722. The Bertz CT molecular complexity index is 446. The highest BCUT2D eigenvalue weighted by atomic mass is 16.5. The molecule has 0 unspecified atom stereocenters. The number of pyridine rings is 1. The number of aromatic nitrogens is 1. The van der Waals surface area contributed by atoms with E-state index in [1.54, 1.807) is 0 Å². The second kappa shape index (κ2) is 8.49. The second-order valence-corrected chi connectivity index (χ2v) is 6.58. The monoisotopic (exact) mass is 303 g/mol. The summed E-state index contributed by atoms with van der Waals surface area (Å²) in [5.74, 6) is 1.11. The second-order valence-electron chi connectivity index (χ2n) is 6.58. The summed E-state index contributed by atoms with van der Waals surface area (Å²) in [7, 11) is 0. The van der Waals surface area contributed by atoms with E-state index in [9.17, 15) is 0 Å². The van der Waals surface area contributed by atoms with Crippen LogP contribution in [0.3, 0.4) is 0 Å². The smallest absolute Gasteiger partial charge is 0.129 e. The van der Waals surface area contributed by atoms with Gasteiger partial charge in [0, 0.05) is 25.4 Å². The lowest BCUT2D eigenvalue weighted by Gasteiger charge is -2.26. The molecular weight excluding hydrogens is 274 g/mol. The third-order valence-electron chi connectivity index (χ3n) is 4.81. The first-order chi connectivity index (χ1) is 10.9. The lowest BCUT2D eigenvalue weighted by Crippen LogP contribution is -2.26. The predicted molar refractivity (Wildman–Crippen MR) is 90.3 cm³/mol. The molecule has 0 amide bonds. The van der Waals surface area contributed by atoms with Crippen LogP contribution in [0.2, 0.25) is 0 Å². The van der Waals surface area contributed by atoms with Crippen LogP contribution in [0, 0.1) is 0 Å². The summed E-state index contributed by atoms with van der Waals surface area (Å²) < 4.78 is 5.86. The van der Waals surface area contributed by atoms with E-state index in [-0.39, 0.29) is 0 Å². The maximum absolute atomic E-state index is 5.86. The standard InChI is InChI=1S/C18H29N3O/c1(2-4-13-22-17-10-12-19-14-17)3-7-16-9-8-15-6-5-11-20-18(15)21-16/h5-6,11,16-17,19H,1-4,7-10,12-14H2,(H,20,21)/t16-,17+/m0/s1. The number of rotatable bonds is 8. The minimum absolute atomic E-state index is 0.471. The first kappa shape index (κ1) is 15.8. The van der Waals surface area contributed by atoms with Gasteiger partial charge in [0.05, 0.1) is 6.10 Å². The molecule has 0 bridgehead atoms. The molecule has 0 aromatic carbocycles. The summed E-state index contributed by atoms with van der Waals surface area (Å²) >= 11 is 0. The highest BCUT2D eigenvalue weighted by Gasteiger charge is 2.17. The van der Waals surface area contributed by atoms with E-state index in [1.165, 1.54) is 56.9 Å². The molecule has 2 N–H and O–H groups in total. The maximum Gasteiger partial charge on any atom is 0.129 e. The van der Waals surface area contributed by atoms with Crippen molar-refractivity contribution < 1.29 is 4.74 Å². The Balaban J connectivity index is 1.22. The normalized spacial score (nSPS) is 24.0. The topological polar surface area (TPSA) is 46.2 Å². The minimum Gasteiger partial charge on any atom is -0.377 e. The number of anilines is 1. The van der Waals surface area contributed by atoms with Crippen molar-refractivity contribution in [2.45, 2.75) is 63.5 Å². The van der Waals surface area contributed by atoms with Gasteiger partial charge in [-0.15, -0.1) is 0 Å². The number of unbranched alkanes of at least 4 members (excludes halogenated alkanes) is 3. The number of hydrogen-bond donors (Lipinski definition) is 2. The lowest BCUT2D eigenvalue weighted by atomic mass is 9.96. The van der Waals surface area contributed by atoms with E-state index in [2.05, 4.69) is 21.7 Å². The molecular formula is C18H29N3O.